The van der Waals surface area contributed by atoms with E-state index < -0.39 is 23.4 Å². The van der Waals surface area contributed by atoms with Crippen molar-refractivity contribution in [3.8, 4) is 0 Å². The first-order valence-electron chi connectivity index (χ1n) is 8.48. The highest BCUT2D eigenvalue weighted by molar-refractivity contribution is 6.32. The van der Waals surface area contributed by atoms with Crippen molar-refractivity contribution in [2.75, 3.05) is 11.9 Å². The van der Waals surface area contributed by atoms with Crippen LogP contribution < -0.4 is 10.6 Å². The molecular formula is C20H20ClN3O3. The minimum atomic E-state index is -1.31. The van der Waals surface area contributed by atoms with Gasteiger partial charge in [0.1, 0.15) is 12.1 Å². The minimum Gasteiger partial charge on any atom is -0.325 e. The summed E-state index contributed by atoms with van der Waals surface area (Å²) in [6.45, 7) is 5.05. The molecule has 6 nitrogen and oxygen atoms in total. The maximum atomic E-state index is 12.9. The average Bonchev–Trinajstić information content (AvgIpc) is 2.78. The van der Waals surface area contributed by atoms with Crippen molar-refractivity contribution >= 4 is 35.1 Å². The van der Waals surface area contributed by atoms with Crippen molar-refractivity contribution in [2.24, 2.45) is 0 Å². The van der Waals surface area contributed by atoms with Gasteiger partial charge in [0, 0.05) is 16.3 Å². The van der Waals surface area contributed by atoms with Crippen molar-refractivity contribution in [3.05, 3.63) is 64.2 Å². The summed E-state index contributed by atoms with van der Waals surface area (Å²) < 4.78 is 0. The van der Waals surface area contributed by atoms with E-state index in [0.717, 1.165) is 16.0 Å². The zero-order valence-electron chi connectivity index (χ0n) is 15.3. The van der Waals surface area contributed by atoms with Crippen LogP contribution in [-0.4, -0.2) is 29.3 Å². The van der Waals surface area contributed by atoms with Crippen LogP contribution in [0.2, 0.25) is 5.02 Å². The Morgan fingerprint density at radius 3 is 2.41 bits per heavy atom. The van der Waals surface area contributed by atoms with Gasteiger partial charge in [-0.2, -0.15) is 0 Å². The van der Waals surface area contributed by atoms with Crippen LogP contribution in [-0.2, 0) is 15.1 Å². The molecule has 140 valence electrons. The monoisotopic (exact) mass is 385 g/mol. The average molecular weight is 386 g/mol. The highest BCUT2D eigenvalue weighted by Crippen LogP contribution is 2.33. The Kier molecular flexibility index (Phi) is 4.93. The normalized spacial score (nSPS) is 19.2. The lowest BCUT2D eigenvalue weighted by molar-refractivity contribution is -0.133. The second-order valence-electron chi connectivity index (χ2n) is 6.85. The third kappa shape index (κ3) is 3.66. The Bertz CT molecular complexity index is 924. The molecule has 27 heavy (non-hydrogen) atoms. The van der Waals surface area contributed by atoms with Crippen LogP contribution in [0.4, 0.5) is 10.5 Å². The molecule has 4 amide bonds. The Morgan fingerprint density at radius 2 is 1.78 bits per heavy atom. The number of carbonyl (C=O) groups is 3. The number of nitrogens with one attached hydrogen (secondary N) is 2. The first kappa shape index (κ1) is 18.9. The van der Waals surface area contributed by atoms with Crippen molar-refractivity contribution in [1.29, 1.82) is 0 Å². The van der Waals surface area contributed by atoms with Gasteiger partial charge in [0.25, 0.3) is 5.91 Å². The van der Waals surface area contributed by atoms with Crippen LogP contribution in [0.25, 0.3) is 0 Å². The molecule has 2 aromatic rings. The molecular weight excluding hydrogens is 366 g/mol. The van der Waals surface area contributed by atoms with Gasteiger partial charge in [-0.1, -0.05) is 35.9 Å². The van der Waals surface area contributed by atoms with Gasteiger partial charge in [-0.15, -0.1) is 0 Å². The molecule has 0 aliphatic carbocycles. The van der Waals surface area contributed by atoms with Crippen LogP contribution in [0.3, 0.4) is 0 Å². The largest absolute Gasteiger partial charge is 0.325 e. The predicted molar refractivity (Wildman–Crippen MR) is 104 cm³/mol. The summed E-state index contributed by atoms with van der Waals surface area (Å²) in [5.41, 5.74) is 1.81. The molecule has 0 bridgehead atoms. The predicted octanol–water partition coefficient (Wildman–Crippen LogP) is 3.36. The number of anilines is 1. The lowest BCUT2D eigenvalue weighted by Crippen LogP contribution is -2.42. The molecule has 0 unspecified atom stereocenters. The molecule has 1 fully saturated rings. The lowest BCUT2D eigenvalue weighted by Gasteiger charge is -2.23. The lowest BCUT2D eigenvalue weighted by atomic mass is 9.92. The standard InChI is InChI=1S/C20H20ClN3O3/c1-12-8-13(2)10-14(9-12)22-17(25)11-24-18(26)20(3,23-19(24)27)15-6-4-5-7-16(15)21/h4-10H,11H2,1-3H3,(H,22,25)(H,23,27)/t20-/m1/s1. The number of urea groups is 1. The van der Waals surface area contributed by atoms with E-state index >= 15 is 0 Å². The van der Waals surface area contributed by atoms with Gasteiger partial charge in [-0.3, -0.25) is 14.5 Å². The third-order valence-corrected chi connectivity index (χ3v) is 4.82. The summed E-state index contributed by atoms with van der Waals surface area (Å²) in [4.78, 5) is 38.5. The van der Waals surface area contributed by atoms with Gasteiger partial charge in [0.15, 0.2) is 0 Å². The van der Waals surface area contributed by atoms with Crippen molar-refractivity contribution in [1.82, 2.24) is 10.2 Å². The summed E-state index contributed by atoms with van der Waals surface area (Å²) in [5.74, 6) is -0.969. The van der Waals surface area contributed by atoms with Crippen molar-refractivity contribution in [2.45, 2.75) is 26.3 Å². The third-order valence-electron chi connectivity index (χ3n) is 4.49. The molecule has 1 aliphatic rings. The summed E-state index contributed by atoms with van der Waals surface area (Å²) >= 11 is 6.20. The molecule has 1 aliphatic heterocycles. The Labute approximate surface area is 162 Å². The van der Waals surface area contributed by atoms with E-state index in [9.17, 15) is 14.4 Å². The summed E-state index contributed by atoms with van der Waals surface area (Å²) in [6, 6.07) is 11.8. The van der Waals surface area contributed by atoms with Gasteiger partial charge in [-0.05, 0) is 50.1 Å². The van der Waals surface area contributed by atoms with Gasteiger partial charge >= 0.3 is 6.03 Å². The maximum absolute atomic E-state index is 12.9. The molecule has 0 saturated carbocycles. The number of benzene rings is 2. The maximum Gasteiger partial charge on any atom is 0.325 e. The molecule has 1 saturated heterocycles. The van der Waals surface area contributed by atoms with E-state index in [-0.39, 0.29) is 6.54 Å². The molecule has 1 atom stereocenters. The Hall–Kier alpha value is -2.86. The first-order valence-corrected chi connectivity index (χ1v) is 8.86. The van der Waals surface area contributed by atoms with Crippen LogP contribution in [0.5, 0.6) is 0 Å². The van der Waals surface area contributed by atoms with E-state index in [1.807, 2.05) is 32.0 Å². The molecule has 2 N–H and O–H groups in total. The topological polar surface area (TPSA) is 78.5 Å². The minimum absolute atomic E-state index is 0.371. The number of carbonyl (C=O) groups excluding carboxylic acids is 3. The van der Waals surface area contributed by atoms with Crippen LogP contribution in [0, 0.1) is 13.8 Å². The highest BCUT2D eigenvalue weighted by atomic mass is 35.5. The van der Waals surface area contributed by atoms with Gasteiger partial charge < -0.3 is 10.6 Å². The smallest absolute Gasteiger partial charge is 0.325 e. The summed E-state index contributed by atoms with van der Waals surface area (Å²) in [5, 5.41) is 5.75. The zero-order valence-corrected chi connectivity index (χ0v) is 16.1. The van der Waals surface area contributed by atoms with Gasteiger partial charge in [0.05, 0.1) is 0 Å². The highest BCUT2D eigenvalue weighted by Gasteiger charge is 2.50. The van der Waals surface area contributed by atoms with E-state index in [4.69, 9.17) is 11.6 Å². The number of hydrogen-bond acceptors (Lipinski definition) is 3. The SMILES string of the molecule is Cc1cc(C)cc(NC(=O)CN2C(=O)N[C@](C)(c3ccccc3Cl)C2=O)c1. The Morgan fingerprint density at radius 1 is 1.15 bits per heavy atom. The Balaban J connectivity index is 1.77. The number of imide groups is 1. The summed E-state index contributed by atoms with van der Waals surface area (Å²) in [6.07, 6.45) is 0. The van der Waals surface area contributed by atoms with Crippen molar-refractivity contribution in [3.63, 3.8) is 0 Å². The van der Waals surface area contributed by atoms with Crippen LogP contribution in [0.15, 0.2) is 42.5 Å². The fourth-order valence-electron chi connectivity index (χ4n) is 3.28. The number of nitrogens with zero attached hydrogens (tertiary/aromatic N) is 1. The molecule has 0 radical (unpaired) electrons. The fraction of sp³-hybridized carbons (Fsp3) is 0.250. The molecule has 2 aromatic carbocycles. The van der Waals surface area contributed by atoms with E-state index in [0.29, 0.717) is 16.3 Å². The zero-order chi connectivity index (χ0) is 19.8. The molecule has 3 rings (SSSR count). The number of halogens is 1. The van der Waals surface area contributed by atoms with E-state index in [1.165, 1.54) is 0 Å². The molecule has 7 heteroatoms. The van der Waals surface area contributed by atoms with E-state index in [2.05, 4.69) is 10.6 Å². The second kappa shape index (κ2) is 7.04. The van der Waals surface area contributed by atoms with Crippen LogP contribution in [0.1, 0.15) is 23.6 Å². The number of hydrogen-bond donors (Lipinski definition) is 2. The summed E-state index contributed by atoms with van der Waals surface area (Å²) in [7, 11) is 0. The molecule has 1 heterocycles. The number of rotatable bonds is 4. The second-order valence-corrected chi connectivity index (χ2v) is 7.26. The quantitative estimate of drug-likeness (QED) is 0.792. The molecule has 0 spiro atoms. The van der Waals surface area contributed by atoms with Crippen molar-refractivity contribution < 1.29 is 14.4 Å². The van der Waals surface area contributed by atoms with Gasteiger partial charge in [0.2, 0.25) is 5.91 Å². The van der Waals surface area contributed by atoms with Gasteiger partial charge in [-0.25, -0.2) is 4.79 Å². The van der Waals surface area contributed by atoms with Crippen LogP contribution >= 0.6 is 11.6 Å². The number of amides is 4. The first-order chi connectivity index (χ1) is 12.7. The van der Waals surface area contributed by atoms with E-state index in [1.54, 1.807) is 31.2 Å². The fourth-order valence-corrected chi connectivity index (χ4v) is 3.61. The molecule has 0 aromatic heterocycles. The number of aryl methyl sites for hydroxylation is 2.